The number of methoxy groups -OCH3 is 1. The summed E-state index contributed by atoms with van der Waals surface area (Å²) in [5, 5.41) is 0. The molecule has 0 saturated carbocycles. The molecule has 0 N–H and O–H groups in total. The number of rotatable bonds is 34. The highest BCUT2D eigenvalue weighted by Crippen LogP contribution is 1.87. The third-order valence-electron chi connectivity index (χ3n) is 4.34. The smallest absolute Gasteiger partial charge is 0.107 e. The van der Waals surface area contributed by atoms with Gasteiger partial charge in [0.15, 0.2) is 0 Å². The first kappa shape index (κ1) is 37.1. The maximum Gasteiger partial charge on any atom is 0.107 e. The minimum absolute atomic E-state index is 0.309. The van der Waals surface area contributed by atoms with Crippen molar-refractivity contribution in [2.75, 3.05) is 159 Å². The number of ether oxygens (including phenoxy) is 12. The van der Waals surface area contributed by atoms with Gasteiger partial charge in [-0.05, 0) is 0 Å². The van der Waals surface area contributed by atoms with Gasteiger partial charge in [0, 0.05) is 7.11 Å². The molecule has 0 aliphatic heterocycles. The molecule has 0 heterocycles. The maximum absolute atomic E-state index is 5.45. The zero-order chi connectivity index (χ0) is 27.5. The third kappa shape index (κ3) is 35.1. The van der Waals surface area contributed by atoms with Crippen molar-refractivity contribution < 1.29 is 56.8 Å². The summed E-state index contributed by atoms with van der Waals surface area (Å²) in [5.74, 6) is 2.40. The van der Waals surface area contributed by atoms with Gasteiger partial charge in [0.2, 0.25) is 0 Å². The van der Waals surface area contributed by atoms with E-state index in [-0.39, 0.29) is 0 Å². The summed E-state index contributed by atoms with van der Waals surface area (Å²) in [4.78, 5) is 0. The van der Waals surface area contributed by atoms with Crippen LogP contribution < -0.4 is 0 Å². The molecule has 0 aromatic heterocycles. The van der Waals surface area contributed by atoms with Crippen LogP contribution in [0, 0.1) is 12.3 Å². The lowest BCUT2D eigenvalue weighted by atomic mass is 10.6. The lowest BCUT2D eigenvalue weighted by molar-refractivity contribution is -0.0278. The van der Waals surface area contributed by atoms with E-state index in [1.165, 1.54) is 0 Å². The van der Waals surface area contributed by atoms with E-state index in [9.17, 15) is 0 Å². The van der Waals surface area contributed by atoms with Gasteiger partial charge in [0.05, 0.1) is 145 Å². The van der Waals surface area contributed by atoms with E-state index in [2.05, 4.69) is 5.92 Å². The van der Waals surface area contributed by atoms with Crippen molar-refractivity contribution in [3.63, 3.8) is 0 Å². The highest BCUT2D eigenvalue weighted by molar-refractivity contribution is 4.82. The van der Waals surface area contributed by atoms with E-state index in [0.717, 1.165) is 0 Å². The van der Waals surface area contributed by atoms with Crippen LogP contribution >= 0.6 is 0 Å². The molecule has 0 aliphatic rings. The second-order valence-electron chi connectivity index (χ2n) is 7.37. The van der Waals surface area contributed by atoms with E-state index in [0.29, 0.717) is 152 Å². The Kier molecular flexibility index (Phi) is 35.2. The number of hydrogen-bond acceptors (Lipinski definition) is 12. The van der Waals surface area contributed by atoms with Gasteiger partial charge in [-0.15, -0.1) is 6.42 Å². The second-order valence-corrected chi connectivity index (χ2v) is 7.37. The van der Waals surface area contributed by atoms with E-state index < -0.39 is 0 Å². The quantitative estimate of drug-likeness (QED) is 0.0813. The lowest BCUT2D eigenvalue weighted by Gasteiger charge is -2.09. The van der Waals surface area contributed by atoms with Crippen LogP contribution in [-0.2, 0) is 56.8 Å². The minimum atomic E-state index is 0.309. The SMILES string of the molecule is C#CCOCCOCCOCCOCCOCCOCCOCCOCCOCCOCCOCCOC. The largest absolute Gasteiger partial charge is 0.382 e. The first-order valence-corrected chi connectivity index (χ1v) is 13.2. The summed E-state index contributed by atoms with van der Waals surface area (Å²) < 4.78 is 64.0. The number of hydrogen-bond donors (Lipinski definition) is 0. The maximum atomic E-state index is 5.45. The molecule has 12 heteroatoms. The molecular formula is C26H50O12. The van der Waals surface area contributed by atoms with Gasteiger partial charge in [-0.25, -0.2) is 0 Å². The molecule has 0 aromatic carbocycles. The van der Waals surface area contributed by atoms with Crippen molar-refractivity contribution in [1.82, 2.24) is 0 Å². The van der Waals surface area contributed by atoms with Crippen LogP contribution in [0.25, 0.3) is 0 Å². The van der Waals surface area contributed by atoms with Crippen molar-refractivity contribution in [3.05, 3.63) is 0 Å². The number of terminal acetylenes is 1. The van der Waals surface area contributed by atoms with Gasteiger partial charge in [-0.1, -0.05) is 5.92 Å². The molecule has 0 amide bonds. The van der Waals surface area contributed by atoms with Gasteiger partial charge >= 0.3 is 0 Å². The van der Waals surface area contributed by atoms with Crippen LogP contribution in [0.4, 0.5) is 0 Å². The van der Waals surface area contributed by atoms with Gasteiger partial charge in [-0.2, -0.15) is 0 Å². The van der Waals surface area contributed by atoms with E-state index in [1.54, 1.807) is 7.11 Å². The second kappa shape index (κ2) is 36.1. The Balaban J connectivity index is 3.01. The van der Waals surface area contributed by atoms with Crippen molar-refractivity contribution >= 4 is 0 Å². The summed E-state index contributed by atoms with van der Waals surface area (Å²) in [6.07, 6.45) is 5.07. The van der Waals surface area contributed by atoms with Crippen molar-refractivity contribution in [2.45, 2.75) is 0 Å². The third-order valence-corrected chi connectivity index (χ3v) is 4.34. The Hall–Kier alpha value is -0.920. The van der Waals surface area contributed by atoms with Gasteiger partial charge in [-0.3, -0.25) is 0 Å². The highest BCUT2D eigenvalue weighted by atomic mass is 16.6. The van der Waals surface area contributed by atoms with Crippen molar-refractivity contribution in [3.8, 4) is 12.3 Å². The first-order chi connectivity index (χ1) is 18.9. The van der Waals surface area contributed by atoms with Crippen LogP contribution in [0.1, 0.15) is 0 Å². The van der Waals surface area contributed by atoms with Crippen LogP contribution in [0.3, 0.4) is 0 Å². The van der Waals surface area contributed by atoms with E-state index in [1.807, 2.05) is 0 Å². The molecule has 0 fully saturated rings. The zero-order valence-corrected chi connectivity index (χ0v) is 23.2. The topological polar surface area (TPSA) is 111 Å². The molecule has 38 heavy (non-hydrogen) atoms. The fraction of sp³-hybridized carbons (Fsp3) is 0.923. The average molecular weight is 555 g/mol. The molecule has 0 saturated heterocycles. The summed E-state index contributed by atoms with van der Waals surface area (Å²) in [6, 6.07) is 0. The molecule has 226 valence electrons. The average Bonchev–Trinajstić information content (AvgIpc) is 2.93. The standard InChI is InChI=1S/C26H50O12/c1-3-4-28-7-8-30-11-12-32-15-16-34-19-20-36-23-24-38-26-25-37-22-21-35-18-17-33-14-13-31-10-9-29-6-5-27-2/h1H,4-26H2,2H3. The van der Waals surface area contributed by atoms with Crippen LogP contribution in [0.2, 0.25) is 0 Å². The van der Waals surface area contributed by atoms with Gasteiger partial charge in [0.1, 0.15) is 6.61 Å². The Labute approximate surface area is 228 Å². The molecule has 0 aromatic rings. The molecule has 0 atom stereocenters. The fourth-order valence-corrected chi connectivity index (χ4v) is 2.47. The molecule has 12 nitrogen and oxygen atoms in total. The van der Waals surface area contributed by atoms with E-state index in [4.69, 9.17) is 63.3 Å². The summed E-state index contributed by atoms with van der Waals surface area (Å²) >= 11 is 0. The van der Waals surface area contributed by atoms with Gasteiger partial charge in [0.25, 0.3) is 0 Å². The summed E-state index contributed by atoms with van der Waals surface area (Å²) in [6.45, 7) is 11.9. The fourth-order valence-electron chi connectivity index (χ4n) is 2.47. The minimum Gasteiger partial charge on any atom is -0.382 e. The normalized spacial score (nSPS) is 11.3. The van der Waals surface area contributed by atoms with Crippen molar-refractivity contribution in [1.29, 1.82) is 0 Å². The predicted molar refractivity (Wildman–Crippen MR) is 140 cm³/mol. The Morgan fingerprint density at radius 3 is 0.684 bits per heavy atom. The molecule has 0 rings (SSSR count). The molecular weight excluding hydrogens is 504 g/mol. The summed E-state index contributed by atoms with van der Waals surface area (Å²) in [7, 11) is 1.64. The molecule has 0 aliphatic carbocycles. The molecule has 0 bridgehead atoms. The predicted octanol–water partition coefficient (Wildman–Crippen LogP) is 0.449. The Bertz CT molecular complexity index is 464. The molecule has 0 unspecified atom stereocenters. The lowest BCUT2D eigenvalue weighted by Crippen LogP contribution is -2.15. The van der Waals surface area contributed by atoms with Crippen LogP contribution in [-0.4, -0.2) is 159 Å². The van der Waals surface area contributed by atoms with Crippen molar-refractivity contribution in [2.24, 2.45) is 0 Å². The summed E-state index contributed by atoms with van der Waals surface area (Å²) in [5.41, 5.74) is 0. The molecule has 0 radical (unpaired) electrons. The van der Waals surface area contributed by atoms with E-state index >= 15 is 0 Å². The molecule has 0 spiro atoms. The Morgan fingerprint density at radius 2 is 0.500 bits per heavy atom. The highest BCUT2D eigenvalue weighted by Gasteiger charge is 1.96. The van der Waals surface area contributed by atoms with Crippen LogP contribution in [0.15, 0.2) is 0 Å². The monoisotopic (exact) mass is 554 g/mol. The van der Waals surface area contributed by atoms with Gasteiger partial charge < -0.3 is 56.8 Å². The van der Waals surface area contributed by atoms with Crippen LogP contribution in [0.5, 0.6) is 0 Å². The first-order valence-electron chi connectivity index (χ1n) is 13.2. The zero-order valence-electron chi connectivity index (χ0n) is 23.2. The Morgan fingerprint density at radius 1 is 0.316 bits per heavy atom.